The van der Waals surface area contributed by atoms with Gasteiger partial charge in [-0.1, -0.05) is 36.1 Å². The number of hydrogen-bond acceptors (Lipinski definition) is 7. The standard InChI is InChI=1S/C13H10N2O5S2/c1-7(12(17)18)14-11(16)10(22-13(14)21)6-8-3-2-4-9(5-8)15(19)20/h2-7H,1H3,(H,17,18)/p-1/b10-6-/t7-/m0/s1. The minimum absolute atomic E-state index is 0.104. The Kier molecular flexibility index (Phi) is 4.57. The number of benzene rings is 1. The minimum Gasteiger partial charge on any atom is -0.548 e. The number of nitrogens with zero attached hydrogens (tertiary/aromatic N) is 2. The predicted octanol–water partition coefficient (Wildman–Crippen LogP) is 0.934. The number of nitro benzene ring substituents is 1. The Morgan fingerprint density at radius 2 is 2.18 bits per heavy atom. The van der Waals surface area contributed by atoms with Crippen LogP contribution >= 0.6 is 24.0 Å². The molecule has 7 nitrogen and oxygen atoms in total. The average molecular weight is 337 g/mol. The fraction of sp³-hybridized carbons (Fsp3) is 0.154. The minimum atomic E-state index is -1.41. The van der Waals surface area contributed by atoms with Gasteiger partial charge in [0.05, 0.1) is 21.8 Å². The zero-order valence-electron chi connectivity index (χ0n) is 11.2. The molecule has 1 aromatic rings. The summed E-state index contributed by atoms with van der Waals surface area (Å²) in [6.07, 6.45) is 1.44. The van der Waals surface area contributed by atoms with Crippen molar-refractivity contribution in [1.82, 2.24) is 4.90 Å². The molecule has 0 unspecified atom stereocenters. The smallest absolute Gasteiger partial charge is 0.270 e. The molecule has 0 aliphatic carbocycles. The number of nitro groups is 1. The van der Waals surface area contributed by atoms with Gasteiger partial charge in [0.1, 0.15) is 4.32 Å². The lowest BCUT2D eigenvalue weighted by atomic mass is 10.2. The molecule has 1 aromatic carbocycles. The normalized spacial score (nSPS) is 17.9. The Morgan fingerprint density at radius 1 is 1.50 bits per heavy atom. The molecule has 114 valence electrons. The summed E-state index contributed by atoms with van der Waals surface area (Å²) in [5.74, 6) is -1.97. The van der Waals surface area contributed by atoms with E-state index in [0.29, 0.717) is 5.56 Å². The summed E-state index contributed by atoms with van der Waals surface area (Å²) in [5.41, 5.74) is 0.350. The molecule has 2 rings (SSSR count). The number of carbonyl (C=O) groups is 2. The van der Waals surface area contributed by atoms with Crippen LogP contribution < -0.4 is 5.11 Å². The summed E-state index contributed by atoms with van der Waals surface area (Å²) in [6.45, 7) is 1.30. The summed E-state index contributed by atoms with van der Waals surface area (Å²) in [4.78, 5) is 34.5. The number of aliphatic carboxylic acids is 1. The van der Waals surface area contributed by atoms with E-state index in [4.69, 9.17) is 12.2 Å². The van der Waals surface area contributed by atoms with Gasteiger partial charge >= 0.3 is 0 Å². The number of thiocarbonyl (C=S) groups is 1. The first kappa shape index (κ1) is 16.1. The third-order valence-electron chi connectivity index (χ3n) is 2.93. The summed E-state index contributed by atoms with van der Waals surface area (Å²) in [6, 6.07) is 4.56. The van der Waals surface area contributed by atoms with Crippen molar-refractivity contribution in [3.63, 3.8) is 0 Å². The molecule has 1 aliphatic heterocycles. The molecule has 0 spiro atoms. The van der Waals surface area contributed by atoms with Crippen LogP contribution in [0.2, 0.25) is 0 Å². The van der Waals surface area contributed by atoms with Crippen molar-refractivity contribution >= 4 is 51.9 Å². The van der Waals surface area contributed by atoms with Crippen molar-refractivity contribution in [2.45, 2.75) is 13.0 Å². The SMILES string of the molecule is C[C@@H](C(=O)[O-])N1C(=O)/C(=C/c2cccc([N+](=O)[O-])c2)SC1=S. The number of non-ortho nitro benzene ring substituents is 1. The Hall–Kier alpha value is -2.26. The van der Waals surface area contributed by atoms with Gasteiger partial charge in [-0.2, -0.15) is 0 Å². The number of thioether (sulfide) groups is 1. The number of amides is 1. The second-order valence-corrected chi connectivity index (χ2v) is 6.07. The second kappa shape index (κ2) is 6.24. The molecular formula is C13H9N2O5S2-. The Labute approximate surface area is 134 Å². The van der Waals surface area contributed by atoms with Gasteiger partial charge in [-0.3, -0.25) is 19.8 Å². The van der Waals surface area contributed by atoms with E-state index in [1.165, 1.54) is 31.2 Å². The quantitative estimate of drug-likeness (QED) is 0.348. The van der Waals surface area contributed by atoms with Crippen molar-refractivity contribution in [1.29, 1.82) is 0 Å². The molecule has 1 saturated heterocycles. The first-order valence-corrected chi connectivity index (χ1v) is 7.26. The first-order valence-electron chi connectivity index (χ1n) is 6.03. The van der Waals surface area contributed by atoms with E-state index in [9.17, 15) is 24.8 Å². The highest BCUT2D eigenvalue weighted by Crippen LogP contribution is 2.34. The van der Waals surface area contributed by atoms with Crippen molar-refractivity contribution in [2.75, 3.05) is 0 Å². The predicted molar refractivity (Wildman–Crippen MR) is 82.6 cm³/mol. The highest BCUT2D eigenvalue weighted by atomic mass is 32.2. The van der Waals surface area contributed by atoms with E-state index in [1.807, 2.05) is 0 Å². The number of rotatable bonds is 4. The molecule has 9 heteroatoms. The molecule has 0 saturated carbocycles. The van der Waals surface area contributed by atoms with Crippen molar-refractivity contribution < 1.29 is 19.6 Å². The van der Waals surface area contributed by atoms with Crippen LogP contribution in [0.15, 0.2) is 29.2 Å². The lowest BCUT2D eigenvalue weighted by molar-refractivity contribution is -0.384. The van der Waals surface area contributed by atoms with E-state index in [0.717, 1.165) is 16.7 Å². The summed E-state index contributed by atoms with van der Waals surface area (Å²) in [7, 11) is 0. The molecule has 1 atom stereocenters. The Bertz CT molecular complexity index is 716. The third kappa shape index (κ3) is 3.15. The lowest BCUT2D eigenvalue weighted by Gasteiger charge is -2.23. The largest absolute Gasteiger partial charge is 0.548 e. The van der Waals surface area contributed by atoms with Gasteiger partial charge in [0.2, 0.25) is 0 Å². The van der Waals surface area contributed by atoms with Gasteiger partial charge in [0, 0.05) is 12.1 Å². The van der Waals surface area contributed by atoms with Gasteiger partial charge in [0.15, 0.2) is 0 Å². The van der Waals surface area contributed by atoms with Gasteiger partial charge in [-0.05, 0) is 18.6 Å². The number of carboxylic acids is 1. The van der Waals surface area contributed by atoms with E-state index in [-0.39, 0.29) is 14.9 Å². The lowest BCUT2D eigenvalue weighted by Crippen LogP contribution is -2.48. The van der Waals surface area contributed by atoms with Crippen LogP contribution in [0, 0.1) is 10.1 Å². The highest BCUT2D eigenvalue weighted by molar-refractivity contribution is 8.26. The highest BCUT2D eigenvalue weighted by Gasteiger charge is 2.35. The first-order chi connectivity index (χ1) is 10.3. The van der Waals surface area contributed by atoms with Crippen molar-refractivity contribution in [3.8, 4) is 0 Å². The molecule has 0 N–H and O–H groups in total. The van der Waals surface area contributed by atoms with Crippen LogP contribution in [0.3, 0.4) is 0 Å². The fourth-order valence-corrected chi connectivity index (χ4v) is 3.22. The number of carboxylic acid groups (broad SMARTS) is 1. The van der Waals surface area contributed by atoms with Crippen LogP contribution in [0.5, 0.6) is 0 Å². The van der Waals surface area contributed by atoms with Gasteiger partial charge < -0.3 is 9.90 Å². The molecule has 1 heterocycles. The maximum absolute atomic E-state index is 12.2. The van der Waals surface area contributed by atoms with Gasteiger partial charge in [-0.15, -0.1) is 0 Å². The summed E-state index contributed by atoms with van der Waals surface area (Å²) >= 11 is 5.95. The van der Waals surface area contributed by atoms with Crippen LogP contribution in [0.25, 0.3) is 6.08 Å². The maximum Gasteiger partial charge on any atom is 0.270 e. The molecular weight excluding hydrogens is 328 g/mol. The monoisotopic (exact) mass is 337 g/mol. The molecule has 0 radical (unpaired) electrons. The van der Waals surface area contributed by atoms with Crippen LogP contribution in [0.1, 0.15) is 12.5 Å². The third-order valence-corrected chi connectivity index (χ3v) is 4.26. The number of hydrogen-bond donors (Lipinski definition) is 0. The topological polar surface area (TPSA) is 104 Å². The number of carbonyl (C=O) groups excluding carboxylic acids is 2. The molecule has 1 aliphatic rings. The van der Waals surface area contributed by atoms with Gasteiger partial charge in [-0.25, -0.2) is 0 Å². The zero-order valence-corrected chi connectivity index (χ0v) is 12.8. The fourth-order valence-electron chi connectivity index (χ4n) is 1.80. The van der Waals surface area contributed by atoms with E-state index in [2.05, 4.69) is 0 Å². The van der Waals surface area contributed by atoms with E-state index >= 15 is 0 Å². The van der Waals surface area contributed by atoms with Crippen molar-refractivity contribution in [2.24, 2.45) is 0 Å². The maximum atomic E-state index is 12.2. The zero-order chi connectivity index (χ0) is 16.4. The van der Waals surface area contributed by atoms with E-state index in [1.54, 1.807) is 6.07 Å². The molecule has 1 fully saturated rings. The Morgan fingerprint density at radius 3 is 2.77 bits per heavy atom. The van der Waals surface area contributed by atoms with Crippen LogP contribution in [0.4, 0.5) is 5.69 Å². The molecule has 0 bridgehead atoms. The summed E-state index contributed by atoms with van der Waals surface area (Å²) < 4.78 is 0.110. The molecule has 1 amide bonds. The van der Waals surface area contributed by atoms with Crippen LogP contribution in [-0.2, 0) is 9.59 Å². The Balaban J connectivity index is 2.32. The van der Waals surface area contributed by atoms with Crippen LogP contribution in [-0.4, -0.2) is 32.1 Å². The van der Waals surface area contributed by atoms with Gasteiger partial charge in [0.25, 0.3) is 11.6 Å². The van der Waals surface area contributed by atoms with Crippen molar-refractivity contribution in [3.05, 3.63) is 44.8 Å². The molecule has 22 heavy (non-hydrogen) atoms. The second-order valence-electron chi connectivity index (χ2n) is 4.40. The average Bonchev–Trinajstić information content (AvgIpc) is 2.73. The summed E-state index contributed by atoms with van der Waals surface area (Å²) in [5, 5.41) is 21.6. The molecule has 0 aromatic heterocycles. The van der Waals surface area contributed by atoms with E-state index < -0.39 is 22.8 Å².